The number of pyridine rings is 1. The highest BCUT2D eigenvalue weighted by molar-refractivity contribution is 5.78. The van der Waals surface area contributed by atoms with E-state index in [-0.39, 0.29) is 17.8 Å². The molecular formula is C18H16FN7. The second-order valence-corrected chi connectivity index (χ2v) is 5.79. The van der Waals surface area contributed by atoms with E-state index in [1.165, 1.54) is 12.1 Å². The number of nitrogens with one attached hydrogen (secondary N) is 1. The molecule has 8 heteroatoms. The molecule has 0 saturated carbocycles. The first-order valence-electron chi connectivity index (χ1n) is 8.06. The Morgan fingerprint density at radius 2 is 1.96 bits per heavy atom. The summed E-state index contributed by atoms with van der Waals surface area (Å²) in [5.41, 5.74) is 6.97. The lowest BCUT2D eigenvalue weighted by Crippen LogP contribution is -2.14. The number of halogens is 1. The van der Waals surface area contributed by atoms with Gasteiger partial charge in [0.15, 0.2) is 0 Å². The minimum absolute atomic E-state index is 0.183. The van der Waals surface area contributed by atoms with Crippen LogP contribution in [-0.2, 0) is 0 Å². The molecule has 4 aromatic rings. The van der Waals surface area contributed by atoms with Crippen LogP contribution >= 0.6 is 0 Å². The zero-order valence-corrected chi connectivity index (χ0v) is 14.0. The Kier molecular flexibility index (Phi) is 3.92. The van der Waals surface area contributed by atoms with Crippen molar-refractivity contribution in [3.63, 3.8) is 0 Å². The van der Waals surface area contributed by atoms with Crippen molar-refractivity contribution in [2.75, 3.05) is 11.1 Å². The number of fused-ring (bicyclic) bond motifs is 1. The van der Waals surface area contributed by atoms with E-state index in [2.05, 4.69) is 25.3 Å². The largest absolute Gasteiger partial charge is 0.368 e. The Bertz CT molecular complexity index is 1060. The summed E-state index contributed by atoms with van der Waals surface area (Å²) in [5, 5.41) is 3.25. The fraction of sp³-hybridized carbons (Fsp3) is 0.111. The molecule has 7 nitrogen and oxygen atoms in total. The first-order valence-corrected chi connectivity index (χ1v) is 8.06. The lowest BCUT2D eigenvalue weighted by molar-refractivity contribution is 0.629. The molecule has 26 heavy (non-hydrogen) atoms. The van der Waals surface area contributed by atoms with E-state index in [0.717, 1.165) is 0 Å². The van der Waals surface area contributed by atoms with E-state index < -0.39 is 0 Å². The van der Waals surface area contributed by atoms with Crippen molar-refractivity contribution in [2.24, 2.45) is 0 Å². The average molecular weight is 349 g/mol. The van der Waals surface area contributed by atoms with Crippen LogP contribution in [0.4, 0.5) is 16.2 Å². The van der Waals surface area contributed by atoms with Gasteiger partial charge in [0.05, 0.1) is 17.1 Å². The number of hydrogen-bond acceptors (Lipinski definition) is 6. The number of nitrogens with two attached hydrogens (primary N) is 1. The number of nitrogen functional groups attached to an aromatic ring is 1. The predicted octanol–water partition coefficient (Wildman–Crippen LogP) is 3.10. The Labute approximate surface area is 148 Å². The minimum Gasteiger partial charge on any atom is -0.368 e. The summed E-state index contributed by atoms with van der Waals surface area (Å²) in [6.45, 7) is 1.94. The van der Waals surface area contributed by atoms with Gasteiger partial charge < -0.3 is 11.1 Å². The molecule has 0 radical (unpaired) electrons. The van der Waals surface area contributed by atoms with Crippen LogP contribution in [0.2, 0.25) is 0 Å². The maximum absolute atomic E-state index is 13.8. The van der Waals surface area contributed by atoms with Gasteiger partial charge in [-0.2, -0.15) is 4.98 Å². The molecule has 3 aromatic heterocycles. The van der Waals surface area contributed by atoms with Crippen LogP contribution in [0.15, 0.2) is 54.9 Å². The van der Waals surface area contributed by atoms with E-state index in [1.807, 2.05) is 29.7 Å². The van der Waals surface area contributed by atoms with Gasteiger partial charge in [0, 0.05) is 18.5 Å². The fourth-order valence-electron chi connectivity index (χ4n) is 2.82. The van der Waals surface area contributed by atoms with Crippen LogP contribution in [-0.4, -0.2) is 24.5 Å². The maximum atomic E-state index is 13.8. The van der Waals surface area contributed by atoms with Crippen LogP contribution in [0.3, 0.4) is 0 Å². The van der Waals surface area contributed by atoms with Crippen LogP contribution in [0.5, 0.6) is 0 Å². The molecule has 3 heterocycles. The SMILES string of the molecule is C[C@H](Nc1ccnc(N)n1)c1nc2ccc(F)cc2n1-c1ccccn1. The third kappa shape index (κ3) is 2.92. The molecule has 3 N–H and O–H groups in total. The standard InChI is InChI=1S/C18H16FN7/c1-11(23-15-7-9-22-18(20)25-15)17-24-13-6-5-12(19)10-14(13)26(17)16-4-2-3-8-21-16/h2-11H,1H3,(H3,20,22,23,25)/t11-/m0/s1. The maximum Gasteiger partial charge on any atom is 0.221 e. The summed E-state index contributed by atoms with van der Waals surface area (Å²) < 4.78 is 15.7. The zero-order chi connectivity index (χ0) is 18.1. The van der Waals surface area contributed by atoms with Gasteiger partial charge in [0.1, 0.15) is 23.3 Å². The van der Waals surface area contributed by atoms with Crippen LogP contribution in [0.1, 0.15) is 18.8 Å². The highest BCUT2D eigenvalue weighted by atomic mass is 19.1. The number of nitrogens with zero attached hydrogens (tertiary/aromatic N) is 5. The number of aromatic nitrogens is 5. The predicted molar refractivity (Wildman–Crippen MR) is 97.3 cm³/mol. The van der Waals surface area contributed by atoms with Gasteiger partial charge in [-0.3, -0.25) is 4.57 Å². The Morgan fingerprint density at radius 3 is 2.73 bits per heavy atom. The lowest BCUT2D eigenvalue weighted by Gasteiger charge is -2.16. The first kappa shape index (κ1) is 15.9. The molecule has 0 aliphatic rings. The third-order valence-corrected chi connectivity index (χ3v) is 3.95. The molecule has 130 valence electrons. The zero-order valence-electron chi connectivity index (χ0n) is 14.0. The van der Waals surface area contributed by atoms with Gasteiger partial charge in [0.25, 0.3) is 0 Å². The van der Waals surface area contributed by atoms with Crippen LogP contribution < -0.4 is 11.1 Å². The van der Waals surface area contributed by atoms with Crippen molar-refractivity contribution in [2.45, 2.75) is 13.0 Å². The normalized spacial score (nSPS) is 12.2. The summed E-state index contributed by atoms with van der Waals surface area (Å²) in [6.07, 6.45) is 3.27. The fourth-order valence-corrected chi connectivity index (χ4v) is 2.82. The molecular weight excluding hydrogens is 333 g/mol. The second kappa shape index (κ2) is 6.40. The number of hydrogen-bond donors (Lipinski definition) is 2. The van der Waals surface area contributed by atoms with E-state index in [1.54, 1.807) is 24.5 Å². The van der Waals surface area contributed by atoms with Crippen molar-refractivity contribution < 1.29 is 4.39 Å². The Morgan fingerprint density at radius 1 is 1.08 bits per heavy atom. The second-order valence-electron chi connectivity index (χ2n) is 5.79. The van der Waals surface area contributed by atoms with E-state index >= 15 is 0 Å². The molecule has 0 spiro atoms. The third-order valence-electron chi connectivity index (χ3n) is 3.95. The smallest absolute Gasteiger partial charge is 0.221 e. The first-order chi connectivity index (χ1) is 12.6. The van der Waals surface area contributed by atoms with Crippen LogP contribution in [0.25, 0.3) is 16.9 Å². The molecule has 0 fully saturated rings. The summed E-state index contributed by atoms with van der Waals surface area (Å²) in [7, 11) is 0. The highest BCUT2D eigenvalue weighted by Gasteiger charge is 2.19. The number of imidazole rings is 1. The molecule has 0 saturated heterocycles. The van der Waals surface area contributed by atoms with E-state index in [9.17, 15) is 4.39 Å². The van der Waals surface area contributed by atoms with E-state index in [0.29, 0.717) is 28.5 Å². The lowest BCUT2D eigenvalue weighted by atomic mass is 10.3. The molecule has 1 atom stereocenters. The topological polar surface area (TPSA) is 94.5 Å². The summed E-state index contributed by atoms with van der Waals surface area (Å²) in [5.74, 6) is 1.77. The van der Waals surface area contributed by atoms with Crippen molar-refractivity contribution >= 4 is 22.8 Å². The van der Waals surface area contributed by atoms with Crippen LogP contribution in [0, 0.1) is 5.82 Å². The number of rotatable bonds is 4. The molecule has 0 unspecified atom stereocenters. The molecule has 1 aromatic carbocycles. The monoisotopic (exact) mass is 349 g/mol. The van der Waals surface area contributed by atoms with E-state index in [4.69, 9.17) is 5.73 Å². The summed E-state index contributed by atoms with van der Waals surface area (Å²) >= 11 is 0. The van der Waals surface area contributed by atoms with Crippen molar-refractivity contribution in [3.05, 3.63) is 66.5 Å². The summed E-state index contributed by atoms with van der Waals surface area (Å²) in [4.78, 5) is 17.1. The molecule has 0 amide bonds. The Balaban J connectivity index is 1.83. The van der Waals surface area contributed by atoms with Crippen molar-refractivity contribution in [1.29, 1.82) is 0 Å². The minimum atomic E-state index is -0.328. The quantitative estimate of drug-likeness (QED) is 0.588. The number of anilines is 2. The molecule has 4 rings (SSSR count). The molecule has 0 aliphatic heterocycles. The molecule has 0 bridgehead atoms. The average Bonchev–Trinajstić information content (AvgIpc) is 3.01. The van der Waals surface area contributed by atoms with Gasteiger partial charge in [-0.25, -0.2) is 19.3 Å². The van der Waals surface area contributed by atoms with Gasteiger partial charge in [-0.05, 0) is 37.3 Å². The van der Waals surface area contributed by atoms with Gasteiger partial charge >= 0.3 is 0 Å². The number of benzene rings is 1. The summed E-state index contributed by atoms with van der Waals surface area (Å²) in [6, 6.07) is 11.5. The Hall–Kier alpha value is -3.55. The molecule has 0 aliphatic carbocycles. The highest BCUT2D eigenvalue weighted by Crippen LogP contribution is 2.26. The van der Waals surface area contributed by atoms with Crippen molar-refractivity contribution in [1.82, 2.24) is 24.5 Å². The van der Waals surface area contributed by atoms with Gasteiger partial charge in [-0.15, -0.1) is 0 Å². The van der Waals surface area contributed by atoms with Gasteiger partial charge in [-0.1, -0.05) is 6.07 Å². The van der Waals surface area contributed by atoms with Gasteiger partial charge in [0.2, 0.25) is 5.95 Å². The van der Waals surface area contributed by atoms with Crippen molar-refractivity contribution in [3.8, 4) is 5.82 Å².